The fourth-order valence-electron chi connectivity index (χ4n) is 1.65. The van der Waals surface area contributed by atoms with Gasteiger partial charge in [-0.25, -0.2) is 9.79 Å². The molecule has 2 aliphatic heterocycles. The Balaban J connectivity index is 2.20. The Kier molecular flexibility index (Phi) is 2.03. The highest BCUT2D eigenvalue weighted by Gasteiger charge is 2.36. The lowest BCUT2D eigenvalue weighted by Gasteiger charge is -2.30. The first-order valence-electron chi connectivity index (χ1n) is 4.33. The van der Waals surface area contributed by atoms with Crippen molar-refractivity contribution in [3.63, 3.8) is 0 Å². The van der Waals surface area contributed by atoms with Gasteiger partial charge in [-0.1, -0.05) is 12.2 Å². The molecule has 1 amide bonds. The van der Waals surface area contributed by atoms with Gasteiger partial charge in [0.05, 0.1) is 13.2 Å². The lowest BCUT2D eigenvalue weighted by Crippen LogP contribution is -2.49. The fourth-order valence-corrected chi connectivity index (χ4v) is 1.65. The Morgan fingerprint density at radius 3 is 3.36 bits per heavy atom. The molecule has 2 heterocycles. The van der Waals surface area contributed by atoms with Crippen molar-refractivity contribution < 1.29 is 9.53 Å². The SMILES string of the molecule is COC(=O)N1CC=CC2NC(N)=NC21. The van der Waals surface area contributed by atoms with Crippen LogP contribution in [0.2, 0.25) is 0 Å². The minimum atomic E-state index is -0.385. The first-order chi connectivity index (χ1) is 6.72. The molecule has 14 heavy (non-hydrogen) atoms. The van der Waals surface area contributed by atoms with Crippen LogP contribution in [-0.4, -0.2) is 42.8 Å². The number of carbonyl (C=O) groups is 1. The lowest BCUT2D eigenvalue weighted by atomic mass is 10.1. The molecule has 0 aromatic rings. The predicted molar refractivity (Wildman–Crippen MR) is 50.6 cm³/mol. The van der Waals surface area contributed by atoms with E-state index in [1.54, 1.807) is 0 Å². The van der Waals surface area contributed by atoms with Crippen LogP contribution in [0.15, 0.2) is 17.1 Å². The van der Waals surface area contributed by atoms with Gasteiger partial charge in [0.2, 0.25) is 0 Å². The summed E-state index contributed by atoms with van der Waals surface area (Å²) >= 11 is 0. The second-order valence-corrected chi connectivity index (χ2v) is 3.15. The van der Waals surface area contributed by atoms with Gasteiger partial charge >= 0.3 is 6.09 Å². The van der Waals surface area contributed by atoms with Gasteiger partial charge in [-0.3, -0.25) is 4.90 Å². The van der Waals surface area contributed by atoms with Crippen LogP contribution in [0.3, 0.4) is 0 Å². The van der Waals surface area contributed by atoms with Gasteiger partial charge in [-0.05, 0) is 0 Å². The van der Waals surface area contributed by atoms with Crippen LogP contribution < -0.4 is 11.1 Å². The van der Waals surface area contributed by atoms with E-state index >= 15 is 0 Å². The van der Waals surface area contributed by atoms with Crippen molar-refractivity contribution in [2.24, 2.45) is 10.7 Å². The number of hydrogen-bond acceptors (Lipinski definition) is 5. The maximum Gasteiger partial charge on any atom is 0.411 e. The van der Waals surface area contributed by atoms with Crippen LogP contribution in [0.25, 0.3) is 0 Å². The van der Waals surface area contributed by atoms with E-state index < -0.39 is 0 Å². The molecule has 6 heteroatoms. The molecule has 0 aromatic carbocycles. The molecule has 2 atom stereocenters. The van der Waals surface area contributed by atoms with Crippen molar-refractivity contribution in [1.29, 1.82) is 0 Å². The second-order valence-electron chi connectivity index (χ2n) is 3.15. The first kappa shape index (κ1) is 8.86. The minimum absolute atomic E-state index is 0.0251. The van der Waals surface area contributed by atoms with Gasteiger partial charge in [-0.2, -0.15) is 0 Å². The normalized spacial score (nSPS) is 29.2. The minimum Gasteiger partial charge on any atom is -0.453 e. The molecule has 6 nitrogen and oxygen atoms in total. The summed E-state index contributed by atoms with van der Waals surface area (Å²) in [5.74, 6) is 0.362. The molecule has 0 spiro atoms. The summed E-state index contributed by atoms with van der Waals surface area (Å²) in [5, 5.41) is 2.96. The largest absolute Gasteiger partial charge is 0.453 e. The summed E-state index contributed by atoms with van der Waals surface area (Å²) in [5.41, 5.74) is 5.52. The highest BCUT2D eigenvalue weighted by Crippen LogP contribution is 2.17. The maximum atomic E-state index is 11.3. The summed E-state index contributed by atoms with van der Waals surface area (Å²) in [6.07, 6.45) is 3.18. The molecule has 0 radical (unpaired) electrons. The fraction of sp³-hybridized carbons (Fsp3) is 0.500. The number of nitrogens with zero attached hydrogens (tertiary/aromatic N) is 2. The van der Waals surface area contributed by atoms with Crippen molar-refractivity contribution in [3.05, 3.63) is 12.2 Å². The van der Waals surface area contributed by atoms with Crippen molar-refractivity contribution in [3.8, 4) is 0 Å². The summed E-state index contributed by atoms with van der Waals surface area (Å²) in [7, 11) is 1.35. The van der Waals surface area contributed by atoms with Crippen LogP contribution in [0.1, 0.15) is 0 Å². The second kappa shape index (κ2) is 3.21. The van der Waals surface area contributed by atoms with E-state index in [9.17, 15) is 4.79 Å². The van der Waals surface area contributed by atoms with Crippen molar-refractivity contribution in [2.75, 3.05) is 13.7 Å². The number of fused-ring (bicyclic) bond motifs is 1. The van der Waals surface area contributed by atoms with Gasteiger partial charge in [-0.15, -0.1) is 0 Å². The van der Waals surface area contributed by atoms with E-state index in [1.807, 2.05) is 12.2 Å². The van der Waals surface area contributed by atoms with Gasteiger partial charge in [0.25, 0.3) is 0 Å². The molecule has 76 valence electrons. The molecule has 0 aromatic heterocycles. The highest BCUT2D eigenvalue weighted by molar-refractivity contribution is 5.81. The van der Waals surface area contributed by atoms with E-state index in [1.165, 1.54) is 12.0 Å². The topological polar surface area (TPSA) is 80.0 Å². The molecule has 0 saturated heterocycles. The number of nitrogens with two attached hydrogens (primary N) is 1. The molecule has 2 rings (SSSR count). The standard InChI is InChI=1S/C8H12N4O2/c1-14-8(13)12-4-2-3-5-6(12)11-7(9)10-5/h2-3,5-6H,4H2,1H3,(H3,9,10,11). The monoisotopic (exact) mass is 196 g/mol. The number of nitrogens with one attached hydrogen (secondary N) is 1. The average molecular weight is 196 g/mol. The van der Waals surface area contributed by atoms with Crippen LogP contribution in [0, 0.1) is 0 Å². The van der Waals surface area contributed by atoms with E-state index in [4.69, 9.17) is 5.73 Å². The first-order valence-corrected chi connectivity index (χ1v) is 4.33. The Bertz CT molecular complexity index is 312. The van der Waals surface area contributed by atoms with Crippen molar-refractivity contribution in [1.82, 2.24) is 10.2 Å². The summed E-state index contributed by atoms with van der Waals surface area (Å²) in [6, 6.07) is -0.0251. The maximum absolute atomic E-state index is 11.3. The number of amides is 1. The number of methoxy groups -OCH3 is 1. The van der Waals surface area contributed by atoms with E-state index in [0.717, 1.165) is 0 Å². The number of hydrogen-bond donors (Lipinski definition) is 2. The molecular weight excluding hydrogens is 184 g/mol. The van der Waals surface area contributed by atoms with E-state index in [2.05, 4.69) is 15.0 Å². The zero-order valence-corrected chi connectivity index (χ0v) is 7.80. The molecule has 0 fully saturated rings. The lowest BCUT2D eigenvalue weighted by molar-refractivity contribution is 0.107. The summed E-state index contributed by atoms with van der Waals surface area (Å²) in [6.45, 7) is 0.506. The molecule has 2 aliphatic rings. The third-order valence-corrected chi connectivity index (χ3v) is 2.28. The zero-order valence-electron chi connectivity index (χ0n) is 7.80. The molecule has 0 aliphatic carbocycles. The zero-order chi connectivity index (χ0) is 10.1. The number of ether oxygens (including phenoxy) is 1. The Morgan fingerprint density at radius 2 is 2.64 bits per heavy atom. The molecular formula is C8H12N4O2. The van der Waals surface area contributed by atoms with E-state index in [-0.39, 0.29) is 18.3 Å². The Morgan fingerprint density at radius 1 is 1.86 bits per heavy atom. The van der Waals surface area contributed by atoms with Crippen LogP contribution in [0.5, 0.6) is 0 Å². The van der Waals surface area contributed by atoms with Crippen molar-refractivity contribution in [2.45, 2.75) is 12.2 Å². The molecule has 0 saturated carbocycles. The summed E-state index contributed by atoms with van der Waals surface area (Å²) < 4.78 is 4.65. The number of aliphatic imine (C=N–C) groups is 1. The Hall–Kier alpha value is -1.72. The molecule has 0 bridgehead atoms. The molecule has 2 unspecified atom stereocenters. The quantitative estimate of drug-likeness (QED) is 0.499. The van der Waals surface area contributed by atoms with Crippen LogP contribution >= 0.6 is 0 Å². The third kappa shape index (κ3) is 1.28. The van der Waals surface area contributed by atoms with Gasteiger partial charge in [0, 0.05) is 6.54 Å². The smallest absolute Gasteiger partial charge is 0.411 e. The average Bonchev–Trinajstić information content (AvgIpc) is 2.56. The van der Waals surface area contributed by atoms with E-state index in [0.29, 0.717) is 12.5 Å². The predicted octanol–water partition coefficient (Wildman–Crippen LogP) is -0.763. The van der Waals surface area contributed by atoms with Crippen LogP contribution in [0.4, 0.5) is 4.79 Å². The van der Waals surface area contributed by atoms with Gasteiger partial charge < -0.3 is 15.8 Å². The Labute approximate surface area is 81.4 Å². The number of rotatable bonds is 0. The van der Waals surface area contributed by atoms with Gasteiger partial charge in [0.15, 0.2) is 12.1 Å². The van der Waals surface area contributed by atoms with Gasteiger partial charge in [0.1, 0.15) is 0 Å². The molecule has 3 N–H and O–H groups in total. The van der Waals surface area contributed by atoms with Crippen LogP contribution in [-0.2, 0) is 4.74 Å². The highest BCUT2D eigenvalue weighted by atomic mass is 16.5. The summed E-state index contributed by atoms with van der Waals surface area (Å²) in [4.78, 5) is 17.0. The third-order valence-electron chi connectivity index (χ3n) is 2.28. The number of guanidine groups is 1. The number of carbonyl (C=O) groups excluding carboxylic acids is 1. The van der Waals surface area contributed by atoms with Crippen molar-refractivity contribution >= 4 is 12.1 Å².